The Morgan fingerprint density at radius 3 is 2.26 bits per heavy atom. The number of aryl methyl sites for hydroxylation is 4. The van der Waals surface area contributed by atoms with Crippen LogP contribution < -0.4 is 14.2 Å². The first-order chi connectivity index (χ1) is 16.1. The van der Waals surface area contributed by atoms with Crippen molar-refractivity contribution in [2.24, 2.45) is 0 Å². The van der Waals surface area contributed by atoms with Gasteiger partial charge in [-0.2, -0.15) is 10.1 Å². The lowest BCUT2D eigenvalue weighted by Gasteiger charge is -2.12. The molecule has 0 saturated heterocycles. The van der Waals surface area contributed by atoms with Gasteiger partial charge < -0.3 is 9.47 Å². The molecule has 2 aromatic carbocycles. The summed E-state index contributed by atoms with van der Waals surface area (Å²) in [5.41, 5.74) is 2.97. The van der Waals surface area contributed by atoms with Crippen molar-refractivity contribution in [2.45, 2.75) is 32.6 Å². The van der Waals surface area contributed by atoms with Crippen molar-refractivity contribution in [3.63, 3.8) is 0 Å². The van der Waals surface area contributed by atoms with E-state index < -0.39 is 10.0 Å². The summed E-state index contributed by atoms with van der Waals surface area (Å²) in [5.74, 6) is 2.63. The maximum Gasteiger partial charge on any atom is 0.261 e. The van der Waals surface area contributed by atoms with Gasteiger partial charge in [0.15, 0.2) is 5.82 Å². The average Bonchev–Trinajstić information content (AvgIpc) is 3.12. The predicted molar refractivity (Wildman–Crippen MR) is 128 cm³/mol. The molecule has 1 N–H and O–H groups in total. The SMILES string of the molecule is COc1ccc(S(=O)(=O)Nc2ccc(Oc3cc(-n4nc(C)cc4C)nc(C)n3)cc2)cc1C. The first kappa shape index (κ1) is 23.2. The molecule has 0 saturated carbocycles. The summed E-state index contributed by atoms with van der Waals surface area (Å²) < 4.78 is 40.9. The third kappa shape index (κ3) is 5.01. The molecule has 2 heterocycles. The molecule has 0 unspecified atom stereocenters. The van der Waals surface area contributed by atoms with Gasteiger partial charge in [-0.05, 0) is 81.8 Å². The Hall–Kier alpha value is -3.92. The van der Waals surface area contributed by atoms with Crippen LogP contribution in [0.3, 0.4) is 0 Å². The largest absolute Gasteiger partial charge is 0.496 e. The maximum atomic E-state index is 12.8. The minimum atomic E-state index is -3.75. The van der Waals surface area contributed by atoms with Crippen molar-refractivity contribution in [1.82, 2.24) is 19.7 Å². The molecule has 4 rings (SSSR count). The molecule has 0 aliphatic heterocycles. The molecule has 9 nitrogen and oxygen atoms in total. The van der Waals surface area contributed by atoms with Gasteiger partial charge in [-0.15, -0.1) is 0 Å². The molecule has 0 bridgehead atoms. The number of nitrogens with zero attached hydrogens (tertiary/aromatic N) is 4. The first-order valence-electron chi connectivity index (χ1n) is 10.5. The van der Waals surface area contributed by atoms with Crippen LogP contribution >= 0.6 is 0 Å². The van der Waals surface area contributed by atoms with Crippen LogP contribution in [-0.2, 0) is 10.0 Å². The van der Waals surface area contributed by atoms with E-state index in [1.807, 2.05) is 19.9 Å². The number of anilines is 1. The summed E-state index contributed by atoms with van der Waals surface area (Å²) in [4.78, 5) is 8.94. The second-order valence-electron chi connectivity index (χ2n) is 7.81. The predicted octanol–water partition coefficient (Wildman–Crippen LogP) is 4.50. The lowest BCUT2D eigenvalue weighted by Crippen LogP contribution is -2.13. The van der Waals surface area contributed by atoms with E-state index in [1.165, 1.54) is 6.07 Å². The molecule has 176 valence electrons. The Morgan fingerprint density at radius 1 is 0.912 bits per heavy atom. The van der Waals surface area contributed by atoms with Crippen LogP contribution in [0.4, 0.5) is 5.69 Å². The molecule has 0 aliphatic carbocycles. The van der Waals surface area contributed by atoms with Crippen molar-refractivity contribution in [2.75, 3.05) is 11.8 Å². The van der Waals surface area contributed by atoms with Crippen molar-refractivity contribution < 1.29 is 17.9 Å². The number of hydrogen-bond donors (Lipinski definition) is 1. The van der Waals surface area contributed by atoms with Crippen molar-refractivity contribution in [1.29, 1.82) is 0 Å². The molecule has 2 aromatic heterocycles. The van der Waals surface area contributed by atoms with Gasteiger partial charge in [0, 0.05) is 17.4 Å². The fourth-order valence-corrected chi connectivity index (χ4v) is 4.63. The van der Waals surface area contributed by atoms with E-state index in [2.05, 4.69) is 19.8 Å². The molecule has 4 aromatic rings. The van der Waals surface area contributed by atoms with E-state index in [1.54, 1.807) is 68.1 Å². The summed E-state index contributed by atoms with van der Waals surface area (Å²) in [6, 6.07) is 14.9. The molecular formula is C24H25N5O4S. The maximum absolute atomic E-state index is 12.8. The summed E-state index contributed by atoms with van der Waals surface area (Å²) in [5, 5.41) is 4.45. The fourth-order valence-electron chi connectivity index (χ4n) is 3.49. The van der Waals surface area contributed by atoms with E-state index in [0.717, 1.165) is 17.0 Å². The van der Waals surface area contributed by atoms with Gasteiger partial charge in [0.1, 0.15) is 17.3 Å². The third-order valence-corrected chi connectivity index (χ3v) is 6.41. The summed E-state index contributed by atoms with van der Waals surface area (Å²) >= 11 is 0. The van der Waals surface area contributed by atoms with E-state index >= 15 is 0 Å². The lowest BCUT2D eigenvalue weighted by atomic mass is 10.2. The van der Waals surface area contributed by atoms with Crippen LogP contribution in [0.1, 0.15) is 22.8 Å². The number of sulfonamides is 1. The Kier molecular flexibility index (Phi) is 6.25. The average molecular weight is 480 g/mol. The van der Waals surface area contributed by atoms with Gasteiger partial charge >= 0.3 is 0 Å². The highest BCUT2D eigenvalue weighted by atomic mass is 32.2. The Balaban J connectivity index is 1.51. The van der Waals surface area contributed by atoms with Crippen molar-refractivity contribution in [3.8, 4) is 23.2 Å². The molecule has 0 aliphatic rings. The zero-order valence-corrected chi connectivity index (χ0v) is 20.3. The first-order valence-corrected chi connectivity index (χ1v) is 12.0. The molecule has 10 heteroatoms. The molecule has 0 amide bonds. The minimum Gasteiger partial charge on any atom is -0.496 e. The van der Waals surface area contributed by atoms with Crippen LogP contribution in [0.25, 0.3) is 5.82 Å². The summed E-state index contributed by atoms with van der Waals surface area (Å²) in [6.07, 6.45) is 0. The minimum absolute atomic E-state index is 0.152. The van der Waals surface area contributed by atoms with Crippen LogP contribution in [0, 0.1) is 27.7 Å². The number of ether oxygens (including phenoxy) is 2. The number of nitrogens with one attached hydrogen (secondary N) is 1. The summed E-state index contributed by atoms with van der Waals surface area (Å²) in [6.45, 7) is 7.44. The second-order valence-corrected chi connectivity index (χ2v) is 9.50. The van der Waals surface area contributed by atoms with Crippen LogP contribution in [-0.4, -0.2) is 35.3 Å². The fraction of sp³-hybridized carbons (Fsp3) is 0.208. The normalized spacial score (nSPS) is 11.3. The van der Waals surface area contributed by atoms with Crippen LogP contribution in [0.15, 0.2) is 59.5 Å². The van der Waals surface area contributed by atoms with Gasteiger partial charge in [0.05, 0.1) is 17.7 Å². The van der Waals surface area contributed by atoms with Crippen LogP contribution in [0.5, 0.6) is 17.4 Å². The standard InChI is InChI=1S/C24H25N5O4S/c1-15-12-21(10-11-22(15)32-5)34(30,31)28-19-6-8-20(9-7-19)33-24-14-23(25-18(4)26-24)29-17(3)13-16(2)27-29/h6-14,28H,1-5H3. The number of aromatic nitrogens is 4. The molecule has 34 heavy (non-hydrogen) atoms. The third-order valence-electron chi connectivity index (χ3n) is 5.03. The van der Waals surface area contributed by atoms with Gasteiger partial charge in [0.2, 0.25) is 5.88 Å². The highest BCUT2D eigenvalue weighted by molar-refractivity contribution is 7.92. The topological polar surface area (TPSA) is 108 Å². The van der Waals surface area contributed by atoms with E-state index in [0.29, 0.717) is 34.7 Å². The smallest absolute Gasteiger partial charge is 0.261 e. The second kappa shape index (κ2) is 9.14. The van der Waals surface area contributed by atoms with E-state index in [4.69, 9.17) is 9.47 Å². The molecule has 0 spiro atoms. The monoisotopic (exact) mass is 479 g/mol. The van der Waals surface area contributed by atoms with Gasteiger partial charge in [-0.25, -0.2) is 18.1 Å². The molecule has 0 radical (unpaired) electrons. The van der Waals surface area contributed by atoms with Crippen LogP contribution in [0.2, 0.25) is 0 Å². The lowest BCUT2D eigenvalue weighted by molar-refractivity contribution is 0.411. The number of hydrogen-bond acceptors (Lipinski definition) is 7. The van der Waals surface area contributed by atoms with Gasteiger partial charge in [0.25, 0.3) is 10.0 Å². The highest BCUT2D eigenvalue weighted by Crippen LogP contribution is 2.26. The number of methoxy groups -OCH3 is 1. The highest BCUT2D eigenvalue weighted by Gasteiger charge is 2.16. The van der Waals surface area contributed by atoms with Crippen molar-refractivity contribution >= 4 is 15.7 Å². The number of rotatable bonds is 7. The Labute approximate surface area is 198 Å². The molecule has 0 fully saturated rings. The van der Waals surface area contributed by atoms with Gasteiger partial charge in [-0.3, -0.25) is 4.72 Å². The van der Waals surface area contributed by atoms with Crippen molar-refractivity contribution in [3.05, 3.63) is 77.4 Å². The quantitative estimate of drug-likeness (QED) is 0.416. The zero-order valence-electron chi connectivity index (χ0n) is 19.5. The zero-order chi connectivity index (χ0) is 24.5. The molecular weight excluding hydrogens is 454 g/mol. The Morgan fingerprint density at radius 2 is 1.65 bits per heavy atom. The van der Waals surface area contributed by atoms with Gasteiger partial charge in [-0.1, -0.05) is 0 Å². The summed E-state index contributed by atoms with van der Waals surface area (Å²) in [7, 11) is -2.21. The van der Waals surface area contributed by atoms with E-state index in [9.17, 15) is 8.42 Å². The number of benzene rings is 2. The Bertz CT molecular complexity index is 1450. The van der Waals surface area contributed by atoms with E-state index in [-0.39, 0.29) is 4.90 Å². The molecule has 0 atom stereocenters.